The average Bonchev–Trinajstić information content (AvgIpc) is 2.80. The Labute approximate surface area is 198 Å². The number of hydrogen-bond donors (Lipinski definition) is 7. The summed E-state index contributed by atoms with van der Waals surface area (Å²) in [5.74, 6) is -0.811. The Balaban J connectivity index is 1.91. The molecule has 7 N–H and O–H groups in total. The minimum atomic E-state index is -2.60. The van der Waals surface area contributed by atoms with Crippen LogP contribution >= 0.6 is 0 Å². The Hall–Kier alpha value is -2.47. The zero-order valence-electron chi connectivity index (χ0n) is 18.5. The van der Waals surface area contributed by atoms with Crippen molar-refractivity contribution in [3.05, 3.63) is 34.4 Å². The van der Waals surface area contributed by atoms with Crippen molar-refractivity contribution in [1.29, 1.82) is 0 Å². The highest BCUT2D eigenvalue weighted by Gasteiger charge is 2.59. The van der Waals surface area contributed by atoms with Crippen LogP contribution in [-0.2, 0) is 19.0 Å². The molecule has 2 saturated heterocycles. The second-order valence-corrected chi connectivity index (χ2v) is 8.19. The van der Waals surface area contributed by atoms with Crippen molar-refractivity contribution in [2.45, 2.75) is 68.3 Å². The molecule has 3 rings (SSSR count). The molecule has 9 atom stereocenters. The summed E-state index contributed by atoms with van der Waals surface area (Å²) in [6.07, 6.45) is -12.4. The number of nitrogens with one attached hydrogen (secondary N) is 1. The first-order valence-corrected chi connectivity index (χ1v) is 10.6. The molecule has 0 unspecified atom stereocenters. The van der Waals surface area contributed by atoms with Crippen LogP contribution < -0.4 is 10.1 Å². The number of carbonyl (C=O) groups is 1. The van der Waals surface area contributed by atoms with Crippen LogP contribution in [0.1, 0.15) is 13.3 Å². The number of carbonyl (C=O) groups excluding carboxylic acids is 1. The number of ether oxygens (including phenoxy) is 4. The molecule has 1 aromatic rings. The first-order chi connectivity index (χ1) is 16.5. The molecule has 35 heavy (non-hydrogen) atoms. The summed E-state index contributed by atoms with van der Waals surface area (Å²) in [5, 5.41) is 74.4. The number of hydrogen-bond acceptors (Lipinski definition) is 13. The second kappa shape index (κ2) is 11.1. The Bertz CT molecular complexity index is 886. The standard InChI is InChI=1S/C20H28N2O13/c1-9(25)21-20(29)18(35-15-6-12(26)16(27)13(7-23)33-15)17(28)14(8-24)34-19(20)32-11-4-2-10(3-5-11)22(30)31/h2-5,12-19,23-24,26-29H,6-8H2,1H3,(H,21,25)/t12-,13-,14-,15+,16-,17-,18+,19-,20-/m1/s1. The predicted octanol–water partition coefficient (Wildman–Crippen LogP) is -2.91. The van der Waals surface area contributed by atoms with E-state index < -0.39 is 79.0 Å². The van der Waals surface area contributed by atoms with Gasteiger partial charge < -0.3 is 54.9 Å². The van der Waals surface area contributed by atoms with E-state index in [2.05, 4.69) is 5.32 Å². The van der Waals surface area contributed by atoms with Gasteiger partial charge in [0.25, 0.3) is 12.0 Å². The lowest BCUT2D eigenvalue weighted by Crippen LogP contribution is -2.75. The lowest BCUT2D eigenvalue weighted by molar-refractivity contribution is -0.385. The van der Waals surface area contributed by atoms with E-state index in [-0.39, 0.29) is 17.9 Å². The van der Waals surface area contributed by atoms with Gasteiger partial charge >= 0.3 is 0 Å². The minimum absolute atomic E-state index is 0.0241. The van der Waals surface area contributed by atoms with Gasteiger partial charge in [-0.2, -0.15) is 0 Å². The maximum atomic E-state index is 11.9. The zero-order valence-corrected chi connectivity index (χ0v) is 18.5. The average molecular weight is 504 g/mol. The smallest absolute Gasteiger partial charge is 0.269 e. The molecule has 196 valence electrons. The fourth-order valence-corrected chi connectivity index (χ4v) is 3.88. The first-order valence-electron chi connectivity index (χ1n) is 10.6. The quantitative estimate of drug-likeness (QED) is 0.107. The number of aliphatic hydroxyl groups is 6. The summed E-state index contributed by atoms with van der Waals surface area (Å²) in [4.78, 5) is 22.2. The Morgan fingerprint density at radius 2 is 1.74 bits per heavy atom. The molecule has 0 aromatic heterocycles. The van der Waals surface area contributed by atoms with Gasteiger partial charge in [-0.05, 0) is 12.1 Å². The van der Waals surface area contributed by atoms with E-state index in [1.807, 2.05) is 0 Å². The fraction of sp³-hybridized carbons (Fsp3) is 0.650. The molecule has 1 amide bonds. The lowest BCUT2D eigenvalue weighted by Gasteiger charge is -2.50. The van der Waals surface area contributed by atoms with Crippen molar-refractivity contribution in [3.63, 3.8) is 0 Å². The van der Waals surface area contributed by atoms with Gasteiger partial charge in [0, 0.05) is 25.5 Å². The van der Waals surface area contributed by atoms with Crippen LogP contribution in [0, 0.1) is 10.1 Å². The molecule has 0 radical (unpaired) electrons. The molecule has 0 spiro atoms. The maximum Gasteiger partial charge on any atom is 0.269 e. The van der Waals surface area contributed by atoms with Gasteiger partial charge in [0.1, 0.15) is 36.3 Å². The number of non-ortho nitro benzene ring substituents is 1. The molecule has 15 heteroatoms. The van der Waals surface area contributed by atoms with Crippen LogP contribution in [0.4, 0.5) is 5.69 Å². The van der Waals surface area contributed by atoms with Crippen LogP contribution in [0.3, 0.4) is 0 Å². The monoisotopic (exact) mass is 504 g/mol. The summed E-state index contributed by atoms with van der Waals surface area (Å²) in [7, 11) is 0. The van der Waals surface area contributed by atoms with E-state index >= 15 is 0 Å². The second-order valence-electron chi connectivity index (χ2n) is 8.19. The molecular formula is C20H28N2O13. The number of rotatable bonds is 8. The Kier molecular flexibility index (Phi) is 8.58. The topological polar surface area (TPSA) is 231 Å². The molecule has 2 heterocycles. The van der Waals surface area contributed by atoms with Crippen molar-refractivity contribution >= 4 is 11.6 Å². The van der Waals surface area contributed by atoms with Gasteiger partial charge in [0.2, 0.25) is 11.6 Å². The van der Waals surface area contributed by atoms with Crippen LogP contribution in [-0.4, -0.2) is 110 Å². The number of nitro groups is 1. The van der Waals surface area contributed by atoms with Crippen LogP contribution in [0.25, 0.3) is 0 Å². The third kappa shape index (κ3) is 5.85. The highest BCUT2D eigenvalue weighted by Crippen LogP contribution is 2.35. The number of nitrogens with zero attached hydrogens (tertiary/aromatic N) is 1. The summed E-state index contributed by atoms with van der Waals surface area (Å²) < 4.78 is 22.2. The van der Waals surface area contributed by atoms with Crippen molar-refractivity contribution in [2.75, 3.05) is 13.2 Å². The van der Waals surface area contributed by atoms with Crippen molar-refractivity contribution in [1.82, 2.24) is 5.32 Å². The molecule has 1 aromatic carbocycles. The summed E-state index contributed by atoms with van der Waals surface area (Å²) in [6.45, 7) is -0.375. The minimum Gasteiger partial charge on any atom is -0.460 e. The molecule has 0 saturated carbocycles. The number of amides is 1. The van der Waals surface area contributed by atoms with Gasteiger partial charge in [-0.25, -0.2) is 0 Å². The summed E-state index contributed by atoms with van der Waals surface area (Å²) >= 11 is 0. The SMILES string of the molecule is CC(=O)N[C@]1(O)[C@H](Oc2ccc([N+](=O)[O-])cc2)O[C@H](CO)[C@@H](O)[C@@H]1O[C@H]1C[C@@H](O)[C@@H](O)[C@@H](CO)O1. The highest BCUT2D eigenvalue weighted by atomic mass is 16.7. The Morgan fingerprint density at radius 1 is 1.14 bits per heavy atom. The molecule has 0 aliphatic carbocycles. The third-order valence-corrected chi connectivity index (χ3v) is 5.64. The van der Waals surface area contributed by atoms with Crippen molar-refractivity contribution in [3.8, 4) is 5.75 Å². The van der Waals surface area contributed by atoms with Crippen LogP contribution in [0.15, 0.2) is 24.3 Å². The summed E-state index contributed by atoms with van der Waals surface area (Å²) in [5.41, 5.74) is -2.84. The summed E-state index contributed by atoms with van der Waals surface area (Å²) in [6, 6.07) is 4.66. The first kappa shape index (κ1) is 27.1. The van der Waals surface area contributed by atoms with E-state index in [1.54, 1.807) is 0 Å². The zero-order chi connectivity index (χ0) is 25.9. The Morgan fingerprint density at radius 3 is 2.29 bits per heavy atom. The van der Waals surface area contributed by atoms with Gasteiger partial charge in [0.05, 0.1) is 24.2 Å². The van der Waals surface area contributed by atoms with E-state index in [0.29, 0.717) is 0 Å². The third-order valence-electron chi connectivity index (χ3n) is 5.64. The fourth-order valence-electron chi connectivity index (χ4n) is 3.88. The van der Waals surface area contributed by atoms with Gasteiger partial charge in [-0.1, -0.05) is 0 Å². The molecule has 2 fully saturated rings. The van der Waals surface area contributed by atoms with Crippen molar-refractivity contribution < 1.29 is 59.3 Å². The molecule has 2 aliphatic rings. The van der Waals surface area contributed by atoms with E-state index in [0.717, 1.165) is 19.1 Å². The number of aliphatic hydroxyl groups excluding tert-OH is 5. The molecule has 0 bridgehead atoms. The van der Waals surface area contributed by atoms with E-state index in [1.165, 1.54) is 12.1 Å². The van der Waals surface area contributed by atoms with Gasteiger partial charge in [-0.15, -0.1) is 0 Å². The highest BCUT2D eigenvalue weighted by molar-refractivity contribution is 5.73. The van der Waals surface area contributed by atoms with Crippen LogP contribution in [0.2, 0.25) is 0 Å². The van der Waals surface area contributed by atoms with Gasteiger partial charge in [0.15, 0.2) is 6.29 Å². The largest absolute Gasteiger partial charge is 0.460 e. The molecule has 15 nitrogen and oxygen atoms in total. The van der Waals surface area contributed by atoms with Crippen molar-refractivity contribution in [2.24, 2.45) is 0 Å². The van der Waals surface area contributed by atoms with Gasteiger partial charge in [-0.3, -0.25) is 14.9 Å². The number of benzene rings is 1. The normalized spacial score (nSPS) is 37.5. The molecular weight excluding hydrogens is 476 g/mol. The van der Waals surface area contributed by atoms with E-state index in [9.17, 15) is 45.5 Å². The lowest BCUT2D eigenvalue weighted by atomic mass is 9.92. The van der Waals surface area contributed by atoms with Crippen LogP contribution in [0.5, 0.6) is 5.75 Å². The molecule has 2 aliphatic heterocycles. The number of nitro benzene ring substituents is 1. The van der Waals surface area contributed by atoms with E-state index in [4.69, 9.17) is 18.9 Å². The predicted molar refractivity (Wildman–Crippen MR) is 111 cm³/mol. The maximum absolute atomic E-state index is 11.9.